The Hall–Kier alpha value is -1.59. The molecule has 1 fully saturated rings. The van der Waals surface area contributed by atoms with Crippen molar-refractivity contribution in [3.05, 3.63) is 35.4 Å². The summed E-state index contributed by atoms with van der Waals surface area (Å²) in [6, 6.07) is 6.99. The molecule has 0 saturated carbocycles. The Morgan fingerprint density at radius 1 is 1.35 bits per heavy atom. The van der Waals surface area contributed by atoms with E-state index >= 15 is 0 Å². The van der Waals surface area contributed by atoms with E-state index in [-0.39, 0.29) is 18.3 Å². The van der Waals surface area contributed by atoms with E-state index in [1.165, 1.54) is 12.8 Å². The lowest BCUT2D eigenvalue weighted by atomic mass is 9.85. The summed E-state index contributed by atoms with van der Waals surface area (Å²) in [5, 5.41) is 6.33. The number of nitrogens with one attached hydrogen (secondary N) is 2. The number of hydrogen-bond donors (Lipinski definition) is 3. The number of halogens is 1. The van der Waals surface area contributed by atoms with E-state index in [0.29, 0.717) is 30.4 Å². The first-order valence-electron chi connectivity index (χ1n) is 7.92. The fourth-order valence-corrected chi connectivity index (χ4v) is 2.88. The Morgan fingerprint density at radius 3 is 2.61 bits per heavy atom. The Morgan fingerprint density at radius 2 is 2.04 bits per heavy atom. The van der Waals surface area contributed by atoms with Crippen LogP contribution in [0.25, 0.3) is 0 Å². The molecule has 23 heavy (non-hydrogen) atoms. The molecule has 0 bridgehead atoms. The van der Waals surface area contributed by atoms with Gasteiger partial charge >= 0.3 is 0 Å². The van der Waals surface area contributed by atoms with Gasteiger partial charge in [-0.15, -0.1) is 12.4 Å². The summed E-state index contributed by atoms with van der Waals surface area (Å²) in [5.74, 6) is 0.627. The maximum absolute atomic E-state index is 12.0. The average molecular weight is 340 g/mol. The Balaban J connectivity index is 0.00000264. The number of nitrogens with two attached hydrogens (primary N) is 1. The standard InChI is InChI=1S/C17H25N3O2.ClH/c1-12(15-3-2-8-19-11-15)9-16(21)20-10-13-4-6-14(7-5-13)17(18)22;/h4-7,12,15,19H,2-3,8-11H2,1H3,(H2,18,22)(H,20,21);1H. The highest BCUT2D eigenvalue weighted by atomic mass is 35.5. The topological polar surface area (TPSA) is 84.2 Å². The van der Waals surface area contributed by atoms with Gasteiger partial charge in [0.1, 0.15) is 0 Å². The molecule has 2 amide bonds. The molecule has 0 spiro atoms. The number of rotatable bonds is 6. The predicted molar refractivity (Wildman–Crippen MR) is 93.4 cm³/mol. The van der Waals surface area contributed by atoms with E-state index < -0.39 is 5.91 Å². The molecule has 0 radical (unpaired) electrons. The van der Waals surface area contributed by atoms with Gasteiger partial charge in [0.05, 0.1) is 0 Å². The zero-order valence-corrected chi connectivity index (χ0v) is 14.3. The fourth-order valence-electron chi connectivity index (χ4n) is 2.88. The van der Waals surface area contributed by atoms with Crippen LogP contribution >= 0.6 is 12.4 Å². The summed E-state index contributed by atoms with van der Waals surface area (Å²) in [6.45, 7) is 4.74. The molecule has 2 unspecified atom stereocenters. The maximum Gasteiger partial charge on any atom is 0.248 e. The maximum atomic E-state index is 12.0. The van der Waals surface area contributed by atoms with Crippen molar-refractivity contribution in [2.45, 2.75) is 32.7 Å². The van der Waals surface area contributed by atoms with Crippen molar-refractivity contribution in [3.63, 3.8) is 0 Å². The van der Waals surface area contributed by atoms with Crippen LogP contribution in [0.4, 0.5) is 0 Å². The van der Waals surface area contributed by atoms with Crippen molar-refractivity contribution in [2.24, 2.45) is 17.6 Å². The molecule has 1 aromatic rings. The summed E-state index contributed by atoms with van der Waals surface area (Å²) < 4.78 is 0. The smallest absolute Gasteiger partial charge is 0.248 e. The van der Waals surface area contributed by atoms with Gasteiger partial charge in [-0.1, -0.05) is 19.1 Å². The van der Waals surface area contributed by atoms with Crippen LogP contribution in [0, 0.1) is 11.8 Å². The largest absolute Gasteiger partial charge is 0.366 e. The average Bonchev–Trinajstić information content (AvgIpc) is 2.54. The van der Waals surface area contributed by atoms with Crippen molar-refractivity contribution < 1.29 is 9.59 Å². The molecule has 1 aliphatic rings. The minimum absolute atomic E-state index is 0. The van der Waals surface area contributed by atoms with Crippen LogP contribution in [0.3, 0.4) is 0 Å². The molecule has 0 aliphatic carbocycles. The Kier molecular flexibility index (Phi) is 8.06. The monoisotopic (exact) mass is 339 g/mol. The molecule has 6 heteroatoms. The number of primary amides is 1. The number of benzene rings is 1. The lowest BCUT2D eigenvalue weighted by Gasteiger charge is -2.28. The van der Waals surface area contributed by atoms with Gasteiger partial charge in [0.15, 0.2) is 0 Å². The molecule has 1 saturated heterocycles. The highest BCUT2D eigenvalue weighted by molar-refractivity contribution is 5.92. The Bertz CT molecular complexity index is 513. The lowest BCUT2D eigenvalue weighted by molar-refractivity contribution is -0.122. The van der Waals surface area contributed by atoms with Crippen LogP contribution in [0.15, 0.2) is 24.3 Å². The Labute approximate surface area is 143 Å². The number of amides is 2. The quantitative estimate of drug-likeness (QED) is 0.739. The molecule has 0 aromatic heterocycles. The van der Waals surface area contributed by atoms with Gasteiger partial charge in [-0.05, 0) is 55.5 Å². The van der Waals surface area contributed by atoms with E-state index in [2.05, 4.69) is 17.6 Å². The number of carbonyl (C=O) groups excluding carboxylic acids is 2. The third-order valence-corrected chi connectivity index (χ3v) is 4.38. The summed E-state index contributed by atoms with van der Waals surface area (Å²) >= 11 is 0. The summed E-state index contributed by atoms with van der Waals surface area (Å²) in [7, 11) is 0. The zero-order chi connectivity index (χ0) is 15.9. The normalized spacial score (nSPS) is 18.6. The SMILES string of the molecule is CC(CC(=O)NCc1ccc(C(N)=O)cc1)C1CCCNC1.Cl. The first kappa shape index (κ1) is 19.5. The van der Waals surface area contributed by atoms with Crippen LogP contribution in [-0.2, 0) is 11.3 Å². The number of hydrogen-bond acceptors (Lipinski definition) is 3. The fraction of sp³-hybridized carbons (Fsp3) is 0.529. The molecule has 2 rings (SSSR count). The second-order valence-corrected chi connectivity index (χ2v) is 6.13. The molecule has 1 heterocycles. The van der Waals surface area contributed by atoms with Crippen LogP contribution < -0.4 is 16.4 Å². The minimum Gasteiger partial charge on any atom is -0.366 e. The molecule has 4 N–H and O–H groups in total. The van der Waals surface area contributed by atoms with Gasteiger partial charge in [0.25, 0.3) is 0 Å². The van der Waals surface area contributed by atoms with Crippen molar-refractivity contribution in [1.82, 2.24) is 10.6 Å². The molecule has 128 valence electrons. The van der Waals surface area contributed by atoms with E-state index in [1.54, 1.807) is 12.1 Å². The first-order valence-corrected chi connectivity index (χ1v) is 7.92. The van der Waals surface area contributed by atoms with E-state index in [9.17, 15) is 9.59 Å². The molecular weight excluding hydrogens is 314 g/mol. The lowest BCUT2D eigenvalue weighted by Crippen LogP contribution is -2.35. The van der Waals surface area contributed by atoms with Gasteiger partial charge in [-0.25, -0.2) is 0 Å². The molecular formula is C17H26ClN3O2. The zero-order valence-electron chi connectivity index (χ0n) is 13.5. The van der Waals surface area contributed by atoms with Crippen LogP contribution in [0.2, 0.25) is 0 Å². The van der Waals surface area contributed by atoms with Crippen LogP contribution in [-0.4, -0.2) is 24.9 Å². The van der Waals surface area contributed by atoms with Gasteiger partial charge in [0.2, 0.25) is 11.8 Å². The predicted octanol–water partition coefficient (Wildman–Crippen LogP) is 1.85. The minimum atomic E-state index is -0.439. The number of carbonyl (C=O) groups is 2. The molecule has 1 aromatic carbocycles. The highest BCUT2D eigenvalue weighted by Crippen LogP contribution is 2.22. The van der Waals surface area contributed by atoms with Gasteiger partial charge in [0, 0.05) is 18.5 Å². The van der Waals surface area contributed by atoms with E-state index in [0.717, 1.165) is 18.7 Å². The van der Waals surface area contributed by atoms with Gasteiger partial charge in [-0.2, -0.15) is 0 Å². The van der Waals surface area contributed by atoms with Crippen molar-refractivity contribution in [2.75, 3.05) is 13.1 Å². The van der Waals surface area contributed by atoms with Crippen molar-refractivity contribution >= 4 is 24.2 Å². The first-order chi connectivity index (χ1) is 10.6. The highest BCUT2D eigenvalue weighted by Gasteiger charge is 2.21. The van der Waals surface area contributed by atoms with Crippen LogP contribution in [0.5, 0.6) is 0 Å². The number of piperidine rings is 1. The van der Waals surface area contributed by atoms with Crippen molar-refractivity contribution in [1.29, 1.82) is 0 Å². The second-order valence-electron chi connectivity index (χ2n) is 6.13. The summed E-state index contributed by atoms with van der Waals surface area (Å²) in [5.41, 5.74) is 6.64. The van der Waals surface area contributed by atoms with Crippen molar-refractivity contribution in [3.8, 4) is 0 Å². The van der Waals surface area contributed by atoms with Gasteiger partial charge < -0.3 is 16.4 Å². The van der Waals surface area contributed by atoms with E-state index in [4.69, 9.17) is 5.73 Å². The van der Waals surface area contributed by atoms with Gasteiger partial charge in [-0.3, -0.25) is 9.59 Å². The molecule has 5 nitrogen and oxygen atoms in total. The molecule has 2 atom stereocenters. The third kappa shape index (κ3) is 6.20. The summed E-state index contributed by atoms with van der Waals surface area (Å²) in [6.07, 6.45) is 2.96. The third-order valence-electron chi connectivity index (χ3n) is 4.38. The summed E-state index contributed by atoms with van der Waals surface area (Å²) in [4.78, 5) is 23.0. The van der Waals surface area contributed by atoms with E-state index in [1.807, 2.05) is 12.1 Å². The molecule has 1 aliphatic heterocycles. The second kappa shape index (κ2) is 9.53. The van der Waals surface area contributed by atoms with Crippen LogP contribution in [0.1, 0.15) is 42.1 Å².